The third kappa shape index (κ3) is 4.77. The van der Waals surface area contributed by atoms with E-state index in [9.17, 15) is 0 Å². The predicted molar refractivity (Wildman–Crippen MR) is 89.8 cm³/mol. The minimum Gasteiger partial charge on any atom is -0.487 e. The van der Waals surface area contributed by atoms with E-state index in [2.05, 4.69) is 40.3 Å². The summed E-state index contributed by atoms with van der Waals surface area (Å²) in [6, 6.07) is 9.83. The van der Waals surface area contributed by atoms with E-state index in [4.69, 9.17) is 16.3 Å². The lowest BCUT2D eigenvalue weighted by molar-refractivity contribution is 0.308. The van der Waals surface area contributed by atoms with Crippen LogP contribution in [0.2, 0.25) is 5.02 Å². The van der Waals surface area contributed by atoms with Gasteiger partial charge in [0.1, 0.15) is 12.4 Å². The number of benzene rings is 1. The summed E-state index contributed by atoms with van der Waals surface area (Å²) >= 11 is 11.1. The van der Waals surface area contributed by atoms with Gasteiger partial charge in [-0.15, -0.1) is 11.3 Å². The van der Waals surface area contributed by atoms with Gasteiger partial charge < -0.3 is 10.1 Å². The average molecular weight is 375 g/mol. The maximum Gasteiger partial charge on any atom is 0.134 e. The van der Waals surface area contributed by atoms with Crippen molar-refractivity contribution in [3.05, 3.63) is 49.6 Å². The van der Waals surface area contributed by atoms with Crippen molar-refractivity contribution < 1.29 is 4.74 Å². The maximum atomic E-state index is 5.91. The van der Waals surface area contributed by atoms with Crippen LogP contribution in [0.5, 0.6) is 5.75 Å². The fraction of sp³-hybridized carbons (Fsp3) is 0.333. The molecular weight excluding hydrogens is 358 g/mol. The van der Waals surface area contributed by atoms with E-state index in [-0.39, 0.29) is 0 Å². The Hall–Kier alpha value is -0.550. The number of nitrogens with one attached hydrogen (secondary N) is 1. The molecule has 0 unspecified atom stereocenters. The molecule has 1 aromatic heterocycles. The normalized spacial score (nSPS) is 10.8. The zero-order chi connectivity index (χ0) is 14.4. The van der Waals surface area contributed by atoms with Gasteiger partial charge in [0.2, 0.25) is 0 Å². The first-order valence-corrected chi connectivity index (χ1v) is 8.54. The van der Waals surface area contributed by atoms with Crippen LogP contribution in [0.3, 0.4) is 0 Å². The van der Waals surface area contributed by atoms with Crippen LogP contribution in [-0.4, -0.2) is 6.54 Å². The Morgan fingerprint density at radius 3 is 2.80 bits per heavy atom. The number of halogens is 2. The van der Waals surface area contributed by atoms with Crippen LogP contribution < -0.4 is 10.1 Å². The lowest BCUT2D eigenvalue weighted by atomic mass is 10.3. The second-order valence-electron chi connectivity index (χ2n) is 4.41. The van der Waals surface area contributed by atoms with Crippen molar-refractivity contribution in [1.29, 1.82) is 0 Å². The molecule has 0 aliphatic carbocycles. The lowest BCUT2D eigenvalue weighted by Gasteiger charge is -2.07. The number of thiophene rings is 1. The number of hydrogen-bond donors (Lipinski definition) is 1. The van der Waals surface area contributed by atoms with E-state index in [0.29, 0.717) is 11.6 Å². The monoisotopic (exact) mass is 373 g/mol. The van der Waals surface area contributed by atoms with Gasteiger partial charge in [0, 0.05) is 21.3 Å². The molecule has 0 aliphatic heterocycles. The van der Waals surface area contributed by atoms with E-state index >= 15 is 0 Å². The largest absolute Gasteiger partial charge is 0.487 e. The SMILES string of the molecule is CCCNCc1ccc(COc2ccc(Cl)cc2Br)s1. The van der Waals surface area contributed by atoms with Crippen molar-refractivity contribution in [2.45, 2.75) is 26.5 Å². The fourth-order valence-corrected chi connectivity index (χ4v) is 3.42. The van der Waals surface area contributed by atoms with Crippen LogP contribution in [0.1, 0.15) is 23.1 Å². The van der Waals surface area contributed by atoms with E-state index < -0.39 is 0 Å². The molecule has 0 saturated heterocycles. The van der Waals surface area contributed by atoms with Gasteiger partial charge in [-0.1, -0.05) is 18.5 Å². The molecule has 0 spiro atoms. The highest BCUT2D eigenvalue weighted by molar-refractivity contribution is 9.10. The molecule has 5 heteroatoms. The summed E-state index contributed by atoms with van der Waals surface area (Å²) < 4.78 is 6.68. The molecule has 2 aromatic rings. The van der Waals surface area contributed by atoms with Gasteiger partial charge in [0.05, 0.1) is 4.47 Å². The lowest BCUT2D eigenvalue weighted by Crippen LogP contribution is -2.12. The molecule has 1 N–H and O–H groups in total. The van der Waals surface area contributed by atoms with Gasteiger partial charge in [-0.05, 0) is 59.2 Å². The summed E-state index contributed by atoms with van der Waals surface area (Å²) in [6.07, 6.45) is 1.16. The minimum atomic E-state index is 0.582. The molecule has 108 valence electrons. The van der Waals surface area contributed by atoms with Crippen molar-refractivity contribution in [2.24, 2.45) is 0 Å². The van der Waals surface area contributed by atoms with Crippen LogP contribution in [0, 0.1) is 0 Å². The maximum absolute atomic E-state index is 5.91. The Labute approximate surface area is 137 Å². The van der Waals surface area contributed by atoms with Crippen molar-refractivity contribution in [3.8, 4) is 5.75 Å². The van der Waals surface area contributed by atoms with Gasteiger partial charge in [0.25, 0.3) is 0 Å². The Morgan fingerprint density at radius 1 is 1.25 bits per heavy atom. The summed E-state index contributed by atoms with van der Waals surface area (Å²) in [4.78, 5) is 2.56. The number of ether oxygens (including phenoxy) is 1. The van der Waals surface area contributed by atoms with Crippen molar-refractivity contribution in [2.75, 3.05) is 6.54 Å². The summed E-state index contributed by atoms with van der Waals surface area (Å²) in [5.41, 5.74) is 0. The topological polar surface area (TPSA) is 21.3 Å². The first-order valence-electron chi connectivity index (χ1n) is 6.55. The zero-order valence-electron chi connectivity index (χ0n) is 11.3. The first kappa shape index (κ1) is 15.8. The molecule has 1 aromatic carbocycles. The van der Waals surface area contributed by atoms with Crippen LogP contribution in [0.25, 0.3) is 0 Å². The van der Waals surface area contributed by atoms with Gasteiger partial charge in [0.15, 0.2) is 0 Å². The molecule has 0 bridgehead atoms. The Balaban J connectivity index is 1.87. The second kappa shape index (κ2) is 8.03. The molecule has 1 heterocycles. The van der Waals surface area contributed by atoms with Gasteiger partial charge in [-0.25, -0.2) is 0 Å². The van der Waals surface area contributed by atoms with E-state index in [1.54, 1.807) is 11.3 Å². The van der Waals surface area contributed by atoms with E-state index in [1.807, 2.05) is 18.2 Å². The number of hydrogen-bond acceptors (Lipinski definition) is 3. The highest BCUT2D eigenvalue weighted by atomic mass is 79.9. The molecule has 0 aliphatic rings. The molecular formula is C15H17BrClNOS. The average Bonchev–Trinajstić information content (AvgIpc) is 2.86. The Morgan fingerprint density at radius 2 is 2.05 bits per heavy atom. The van der Waals surface area contributed by atoms with Gasteiger partial charge >= 0.3 is 0 Å². The number of rotatable bonds is 7. The Kier molecular flexibility index (Phi) is 6.36. The molecule has 0 atom stereocenters. The summed E-state index contributed by atoms with van der Waals surface area (Å²) in [7, 11) is 0. The molecule has 20 heavy (non-hydrogen) atoms. The van der Waals surface area contributed by atoms with Crippen molar-refractivity contribution in [3.63, 3.8) is 0 Å². The third-order valence-corrected chi connectivity index (χ3v) is 4.62. The molecule has 0 amide bonds. The highest BCUT2D eigenvalue weighted by Gasteiger charge is 2.04. The van der Waals surface area contributed by atoms with Gasteiger partial charge in [-0.3, -0.25) is 0 Å². The molecule has 0 fully saturated rings. The van der Waals surface area contributed by atoms with Crippen LogP contribution in [0.4, 0.5) is 0 Å². The quantitative estimate of drug-likeness (QED) is 0.669. The Bertz CT molecular complexity index is 559. The fourth-order valence-electron chi connectivity index (χ4n) is 1.72. The third-order valence-electron chi connectivity index (χ3n) is 2.71. The van der Waals surface area contributed by atoms with Crippen LogP contribution >= 0.6 is 38.9 Å². The predicted octanol–water partition coefficient (Wildman–Crippen LogP) is 5.24. The van der Waals surface area contributed by atoms with Crippen molar-refractivity contribution >= 4 is 38.9 Å². The summed E-state index contributed by atoms with van der Waals surface area (Å²) in [6.45, 7) is 4.74. The van der Waals surface area contributed by atoms with Crippen LogP contribution in [-0.2, 0) is 13.2 Å². The molecule has 2 rings (SSSR count). The standard InChI is InChI=1S/C15H17BrClNOS/c1-2-7-18-9-12-4-5-13(20-12)10-19-15-6-3-11(17)8-14(15)16/h3-6,8,18H,2,7,9-10H2,1H3. The van der Waals surface area contributed by atoms with E-state index in [1.165, 1.54) is 9.75 Å². The molecule has 0 radical (unpaired) electrons. The van der Waals surface area contributed by atoms with Crippen LogP contribution in [0.15, 0.2) is 34.8 Å². The minimum absolute atomic E-state index is 0.582. The molecule has 0 saturated carbocycles. The van der Waals surface area contributed by atoms with E-state index in [0.717, 1.165) is 29.7 Å². The smallest absolute Gasteiger partial charge is 0.134 e. The van der Waals surface area contributed by atoms with Crippen molar-refractivity contribution in [1.82, 2.24) is 5.32 Å². The zero-order valence-corrected chi connectivity index (χ0v) is 14.4. The molecule has 2 nitrogen and oxygen atoms in total. The second-order valence-corrected chi connectivity index (χ2v) is 6.95. The highest BCUT2D eigenvalue weighted by Crippen LogP contribution is 2.29. The first-order chi connectivity index (χ1) is 9.69. The van der Waals surface area contributed by atoms with Gasteiger partial charge in [-0.2, -0.15) is 0 Å². The summed E-state index contributed by atoms with van der Waals surface area (Å²) in [5, 5.41) is 4.10. The summed E-state index contributed by atoms with van der Waals surface area (Å²) in [5.74, 6) is 0.813.